The number of amides is 2. The SMILES string of the molecule is CC[C@@H](C)Oc1ccc(C=NN2C(=O)[C@@H]3[C@H](C2=O)[C@H]2C=C[C@H]3C2)cc1Cl. The van der Waals surface area contributed by atoms with Crippen LogP contribution in [0.15, 0.2) is 35.5 Å². The lowest BCUT2D eigenvalue weighted by atomic mass is 9.85. The summed E-state index contributed by atoms with van der Waals surface area (Å²) in [6.07, 6.45) is 7.52. The van der Waals surface area contributed by atoms with Crippen molar-refractivity contribution in [3.05, 3.63) is 40.9 Å². The van der Waals surface area contributed by atoms with Crippen LogP contribution in [0.5, 0.6) is 5.75 Å². The van der Waals surface area contributed by atoms with E-state index in [0.29, 0.717) is 16.3 Å². The predicted molar refractivity (Wildman–Crippen MR) is 99.0 cm³/mol. The second-order valence-electron chi connectivity index (χ2n) is 7.26. The maximum Gasteiger partial charge on any atom is 0.254 e. The summed E-state index contributed by atoms with van der Waals surface area (Å²) in [5.41, 5.74) is 0.713. The van der Waals surface area contributed by atoms with E-state index in [1.54, 1.807) is 12.1 Å². The Morgan fingerprint density at radius 1 is 1.27 bits per heavy atom. The van der Waals surface area contributed by atoms with E-state index >= 15 is 0 Å². The van der Waals surface area contributed by atoms with E-state index in [1.165, 1.54) is 6.21 Å². The third-order valence-electron chi connectivity index (χ3n) is 5.63. The zero-order chi connectivity index (χ0) is 18.4. The molecule has 4 rings (SSSR count). The van der Waals surface area contributed by atoms with Gasteiger partial charge in [-0.3, -0.25) is 9.59 Å². The number of hydrogen-bond donors (Lipinski definition) is 0. The number of imide groups is 1. The first-order valence-electron chi connectivity index (χ1n) is 9.06. The number of carbonyl (C=O) groups excluding carboxylic acids is 2. The van der Waals surface area contributed by atoms with Crippen molar-refractivity contribution in [1.82, 2.24) is 5.01 Å². The molecule has 0 unspecified atom stereocenters. The number of nitrogens with zero attached hydrogens (tertiary/aromatic N) is 2. The van der Waals surface area contributed by atoms with Crippen LogP contribution in [0.25, 0.3) is 0 Å². The normalized spacial score (nSPS) is 30.5. The average molecular weight is 373 g/mol. The number of ether oxygens (including phenoxy) is 1. The first-order chi connectivity index (χ1) is 12.5. The summed E-state index contributed by atoms with van der Waals surface area (Å²) >= 11 is 6.27. The summed E-state index contributed by atoms with van der Waals surface area (Å²) < 4.78 is 5.74. The molecule has 26 heavy (non-hydrogen) atoms. The molecule has 2 fully saturated rings. The van der Waals surface area contributed by atoms with Crippen molar-refractivity contribution in [3.63, 3.8) is 0 Å². The van der Waals surface area contributed by atoms with Gasteiger partial charge in [0.05, 0.1) is 29.2 Å². The number of hydrogen-bond acceptors (Lipinski definition) is 4. The van der Waals surface area contributed by atoms with Crippen molar-refractivity contribution in [2.45, 2.75) is 32.8 Å². The summed E-state index contributed by atoms with van der Waals surface area (Å²) in [6.45, 7) is 4.02. The number of benzene rings is 1. The zero-order valence-electron chi connectivity index (χ0n) is 14.8. The standard InChI is InChI=1S/C20H21ClN2O3/c1-3-11(2)26-16-7-4-12(8-15(16)21)10-22-23-19(24)17-13-5-6-14(9-13)18(17)20(23)25/h4-8,10-11,13-14,17-18H,3,9H2,1-2H3/t11-,13+,14+,17-,18+/m1/s1. The van der Waals surface area contributed by atoms with Gasteiger partial charge < -0.3 is 4.74 Å². The second-order valence-corrected chi connectivity index (χ2v) is 7.67. The maximum atomic E-state index is 12.6. The van der Waals surface area contributed by atoms with E-state index in [4.69, 9.17) is 16.3 Å². The number of allylic oxidation sites excluding steroid dienone is 2. The van der Waals surface area contributed by atoms with Crippen molar-refractivity contribution in [2.24, 2.45) is 28.8 Å². The van der Waals surface area contributed by atoms with E-state index in [1.807, 2.05) is 19.9 Å². The van der Waals surface area contributed by atoms with Crippen molar-refractivity contribution < 1.29 is 14.3 Å². The summed E-state index contributed by atoms with van der Waals surface area (Å²) in [5.74, 6) is 0.158. The van der Waals surface area contributed by atoms with Crippen LogP contribution in [0.3, 0.4) is 0 Å². The highest BCUT2D eigenvalue weighted by Crippen LogP contribution is 2.52. The molecule has 136 valence electrons. The van der Waals surface area contributed by atoms with E-state index in [9.17, 15) is 9.59 Å². The van der Waals surface area contributed by atoms with Gasteiger partial charge in [0.15, 0.2) is 0 Å². The Balaban J connectivity index is 1.49. The molecule has 2 bridgehead atoms. The molecule has 1 saturated heterocycles. The molecule has 0 aromatic heterocycles. The van der Waals surface area contributed by atoms with Gasteiger partial charge in [0.1, 0.15) is 5.75 Å². The molecule has 6 heteroatoms. The third kappa shape index (κ3) is 2.75. The molecule has 0 spiro atoms. The number of fused-ring (bicyclic) bond motifs is 5. The van der Waals surface area contributed by atoms with Crippen LogP contribution in [0, 0.1) is 23.7 Å². The molecule has 0 radical (unpaired) electrons. The smallest absolute Gasteiger partial charge is 0.254 e. The first-order valence-corrected chi connectivity index (χ1v) is 9.43. The van der Waals surface area contributed by atoms with Crippen LogP contribution in [-0.2, 0) is 9.59 Å². The lowest BCUT2D eigenvalue weighted by Gasteiger charge is -2.14. The first kappa shape index (κ1) is 17.3. The van der Waals surface area contributed by atoms with E-state index < -0.39 is 0 Å². The lowest BCUT2D eigenvalue weighted by molar-refractivity contribution is -0.140. The molecule has 0 N–H and O–H groups in total. The van der Waals surface area contributed by atoms with Gasteiger partial charge in [0.2, 0.25) is 0 Å². The minimum Gasteiger partial charge on any atom is -0.489 e. The molecular formula is C20H21ClN2O3. The van der Waals surface area contributed by atoms with E-state index in [2.05, 4.69) is 17.3 Å². The van der Waals surface area contributed by atoms with Crippen molar-refractivity contribution in [2.75, 3.05) is 0 Å². The Bertz CT molecular complexity index is 789. The molecular weight excluding hydrogens is 352 g/mol. The zero-order valence-corrected chi connectivity index (χ0v) is 15.5. The van der Waals surface area contributed by atoms with E-state index in [-0.39, 0.29) is 41.6 Å². The molecule has 1 aromatic carbocycles. The van der Waals surface area contributed by atoms with Crippen LogP contribution >= 0.6 is 11.6 Å². The third-order valence-corrected chi connectivity index (χ3v) is 5.92. The van der Waals surface area contributed by atoms with Gasteiger partial charge in [-0.25, -0.2) is 0 Å². The molecule has 1 heterocycles. The summed E-state index contributed by atoms with van der Waals surface area (Å²) in [4.78, 5) is 25.2. The van der Waals surface area contributed by atoms with Crippen LogP contribution in [0.2, 0.25) is 5.02 Å². The van der Waals surface area contributed by atoms with Gasteiger partial charge in [-0.15, -0.1) is 0 Å². The Kier molecular flexibility index (Phi) is 4.35. The van der Waals surface area contributed by atoms with Gasteiger partial charge in [0.25, 0.3) is 11.8 Å². The number of carbonyl (C=O) groups is 2. The monoisotopic (exact) mass is 372 g/mol. The predicted octanol–water partition coefficient (Wildman–Crippen LogP) is 3.66. The van der Waals surface area contributed by atoms with Crippen LogP contribution < -0.4 is 4.74 Å². The molecule has 5 atom stereocenters. The maximum absolute atomic E-state index is 12.6. The average Bonchev–Trinajstić information content (AvgIpc) is 3.30. The van der Waals surface area contributed by atoms with Crippen molar-refractivity contribution in [3.8, 4) is 5.75 Å². The minimum atomic E-state index is -0.232. The second kappa shape index (κ2) is 6.54. The molecule has 1 aromatic rings. The summed E-state index contributed by atoms with van der Waals surface area (Å²) in [5, 5.41) is 5.68. The van der Waals surface area contributed by atoms with Crippen LogP contribution in [0.4, 0.5) is 0 Å². The highest BCUT2D eigenvalue weighted by Gasteiger charge is 2.59. The Labute approximate surface area is 157 Å². The van der Waals surface area contributed by atoms with Crippen LogP contribution in [0.1, 0.15) is 32.3 Å². The highest BCUT2D eigenvalue weighted by atomic mass is 35.5. The molecule has 2 amide bonds. The number of hydrazone groups is 1. The number of halogens is 1. The topological polar surface area (TPSA) is 59.0 Å². The van der Waals surface area contributed by atoms with Gasteiger partial charge in [-0.1, -0.05) is 30.7 Å². The lowest BCUT2D eigenvalue weighted by Crippen LogP contribution is -2.28. The summed E-state index contributed by atoms with van der Waals surface area (Å²) in [7, 11) is 0. The van der Waals surface area contributed by atoms with Gasteiger partial charge in [-0.05, 0) is 55.4 Å². The van der Waals surface area contributed by atoms with Crippen molar-refractivity contribution >= 4 is 29.6 Å². The van der Waals surface area contributed by atoms with Gasteiger partial charge in [-0.2, -0.15) is 10.1 Å². The Hall–Kier alpha value is -2.14. The quantitative estimate of drug-likeness (QED) is 0.450. The Morgan fingerprint density at radius 3 is 2.50 bits per heavy atom. The summed E-state index contributed by atoms with van der Waals surface area (Å²) in [6, 6.07) is 5.31. The molecule has 1 aliphatic heterocycles. The minimum absolute atomic E-state index is 0.0789. The molecule has 2 aliphatic carbocycles. The fraction of sp³-hybridized carbons (Fsp3) is 0.450. The van der Waals surface area contributed by atoms with Crippen molar-refractivity contribution in [1.29, 1.82) is 0 Å². The van der Waals surface area contributed by atoms with Gasteiger partial charge in [0, 0.05) is 0 Å². The highest BCUT2D eigenvalue weighted by molar-refractivity contribution is 6.32. The fourth-order valence-corrected chi connectivity index (χ4v) is 4.35. The molecule has 5 nitrogen and oxygen atoms in total. The molecule has 3 aliphatic rings. The molecule has 1 saturated carbocycles. The van der Waals surface area contributed by atoms with E-state index in [0.717, 1.165) is 17.9 Å². The van der Waals surface area contributed by atoms with Crippen LogP contribution in [-0.4, -0.2) is 29.1 Å². The van der Waals surface area contributed by atoms with Gasteiger partial charge >= 0.3 is 0 Å². The Morgan fingerprint density at radius 2 is 1.92 bits per heavy atom. The largest absolute Gasteiger partial charge is 0.489 e. The fourth-order valence-electron chi connectivity index (χ4n) is 4.12. The number of rotatable bonds is 5.